The Bertz CT molecular complexity index is 1020. The van der Waals surface area contributed by atoms with Crippen molar-refractivity contribution in [2.24, 2.45) is 0 Å². The lowest BCUT2D eigenvalue weighted by Crippen LogP contribution is -2.34. The number of hydrogen-bond donors (Lipinski definition) is 1. The van der Waals surface area contributed by atoms with Crippen LogP contribution in [0, 0.1) is 13.8 Å². The van der Waals surface area contributed by atoms with E-state index in [1.807, 2.05) is 6.92 Å². The fourth-order valence-electron chi connectivity index (χ4n) is 4.22. The zero-order chi connectivity index (χ0) is 21.1. The van der Waals surface area contributed by atoms with Crippen LogP contribution in [0.4, 0.5) is 5.95 Å². The van der Waals surface area contributed by atoms with Crippen LogP contribution in [0.5, 0.6) is 5.75 Å². The van der Waals surface area contributed by atoms with E-state index in [4.69, 9.17) is 15.5 Å². The van der Waals surface area contributed by atoms with E-state index in [-0.39, 0.29) is 0 Å². The number of nitrogen functional groups attached to an aromatic ring is 1. The van der Waals surface area contributed by atoms with Crippen molar-refractivity contribution in [1.29, 1.82) is 0 Å². The van der Waals surface area contributed by atoms with Gasteiger partial charge in [0.1, 0.15) is 5.75 Å². The van der Waals surface area contributed by atoms with Crippen molar-refractivity contribution in [3.8, 4) is 16.9 Å². The minimum Gasteiger partial charge on any atom is -0.496 e. The lowest BCUT2D eigenvalue weighted by molar-refractivity contribution is 0.196. The van der Waals surface area contributed by atoms with Crippen LogP contribution in [-0.2, 0) is 6.54 Å². The largest absolute Gasteiger partial charge is 0.496 e. The van der Waals surface area contributed by atoms with Crippen LogP contribution in [0.3, 0.4) is 0 Å². The molecule has 2 N–H and O–H groups in total. The molecule has 1 aromatic carbocycles. The molecule has 1 saturated heterocycles. The monoisotopic (exact) mass is 403 g/mol. The highest BCUT2D eigenvalue weighted by Crippen LogP contribution is 2.31. The number of piperidine rings is 1. The summed E-state index contributed by atoms with van der Waals surface area (Å²) in [6.45, 7) is 7.12. The Balaban J connectivity index is 1.54. The highest BCUT2D eigenvalue weighted by Gasteiger charge is 2.24. The molecular formula is C24H29N5O. The van der Waals surface area contributed by atoms with E-state index in [2.05, 4.69) is 52.1 Å². The van der Waals surface area contributed by atoms with Gasteiger partial charge in [-0.1, -0.05) is 12.1 Å². The fraction of sp³-hybridized carbons (Fsp3) is 0.375. The number of pyridine rings is 1. The van der Waals surface area contributed by atoms with E-state index in [9.17, 15) is 0 Å². The van der Waals surface area contributed by atoms with Crippen molar-refractivity contribution in [3.63, 3.8) is 0 Å². The number of anilines is 1. The van der Waals surface area contributed by atoms with Gasteiger partial charge < -0.3 is 10.5 Å². The third kappa shape index (κ3) is 4.60. The summed E-state index contributed by atoms with van der Waals surface area (Å²) < 4.78 is 5.61. The van der Waals surface area contributed by atoms with Gasteiger partial charge in [-0.2, -0.15) is 0 Å². The first-order valence-corrected chi connectivity index (χ1v) is 10.4. The molecule has 0 unspecified atom stereocenters. The number of benzene rings is 1. The van der Waals surface area contributed by atoms with E-state index in [1.54, 1.807) is 19.5 Å². The highest BCUT2D eigenvalue weighted by atomic mass is 16.5. The van der Waals surface area contributed by atoms with E-state index >= 15 is 0 Å². The highest BCUT2D eigenvalue weighted by molar-refractivity contribution is 5.63. The molecule has 1 fully saturated rings. The molecular weight excluding hydrogens is 374 g/mol. The van der Waals surface area contributed by atoms with Gasteiger partial charge in [-0.05, 0) is 62.6 Å². The molecule has 1 aliphatic heterocycles. The second-order valence-corrected chi connectivity index (χ2v) is 8.14. The second-order valence-electron chi connectivity index (χ2n) is 8.14. The lowest BCUT2D eigenvalue weighted by atomic mass is 9.92. The van der Waals surface area contributed by atoms with Crippen LogP contribution in [0.2, 0.25) is 0 Å². The molecule has 4 rings (SSSR count). The SMILES string of the molecule is COc1cc(C)ccc1CN1CCC[C@H](c2cc(-c3cnc(N)nc3)cc(C)n2)C1. The Hall–Kier alpha value is -2.99. The van der Waals surface area contributed by atoms with E-state index in [0.29, 0.717) is 11.9 Å². The van der Waals surface area contributed by atoms with Crippen molar-refractivity contribution in [1.82, 2.24) is 19.9 Å². The Kier molecular flexibility index (Phi) is 5.95. The zero-order valence-corrected chi connectivity index (χ0v) is 17.9. The Morgan fingerprint density at radius 1 is 1.10 bits per heavy atom. The molecule has 0 spiro atoms. The first kappa shape index (κ1) is 20.3. The minimum absolute atomic E-state index is 0.291. The molecule has 1 aliphatic rings. The summed E-state index contributed by atoms with van der Waals surface area (Å²) in [5.41, 5.74) is 12.3. The van der Waals surface area contributed by atoms with Gasteiger partial charge in [0.25, 0.3) is 0 Å². The van der Waals surface area contributed by atoms with Crippen LogP contribution in [0.15, 0.2) is 42.7 Å². The van der Waals surface area contributed by atoms with Crippen molar-refractivity contribution in [3.05, 3.63) is 65.2 Å². The van der Waals surface area contributed by atoms with Gasteiger partial charge >= 0.3 is 0 Å². The predicted octanol–water partition coefficient (Wildman–Crippen LogP) is 4.13. The lowest BCUT2D eigenvalue weighted by Gasteiger charge is -2.33. The average molecular weight is 404 g/mol. The van der Waals surface area contributed by atoms with E-state index in [0.717, 1.165) is 60.7 Å². The first-order chi connectivity index (χ1) is 14.5. The molecule has 1 atom stereocenters. The first-order valence-electron chi connectivity index (χ1n) is 10.4. The smallest absolute Gasteiger partial charge is 0.219 e. The second kappa shape index (κ2) is 8.79. The minimum atomic E-state index is 0.291. The van der Waals surface area contributed by atoms with Crippen LogP contribution in [0.25, 0.3) is 11.1 Å². The number of hydrogen-bond acceptors (Lipinski definition) is 6. The standard InChI is InChI=1S/C24H29N5O/c1-16-6-7-19(23(9-16)30-3)15-29-8-4-5-18(14-29)22-11-20(10-17(2)28-22)21-12-26-24(25)27-13-21/h6-7,9-13,18H,4-5,8,14-15H2,1-3H3,(H2,25,26,27)/t18-/m0/s1. The van der Waals surface area contributed by atoms with Crippen LogP contribution < -0.4 is 10.5 Å². The fourth-order valence-corrected chi connectivity index (χ4v) is 4.22. The van der Waals surface area contributed by atoms with Gasteiger partial charge in [0.15, 0.2) is 0 Å². The number of ether oxygens (including phenoxy) is 1. The number of rotatable bonds is 5. The number of nitrogens with two attached hydrogens (primary N) is 1. The summed E-state index contributed by atoms with van der Waals surface area (Å²) in [7, 11) is 1.75. The molecule has 0 aliphatic carbocycles. The van der Waals surface area contributed by atoms with Crippen molar-refractivity contribution in [2.45, 2.75) is 39.2 Å². The quantitative estimate of drug-likeness (QED) is 0.690. The third-order valence-electron chi connectivity index (χ3n) is 5.74. The van der Waals surface area contributed by atoms with Crippen molar-refractivity contribution >= 4 is 5.95 Å². The zero-order valence-electron chi connectivity index (χ0n) is 17.9. The molecule has 30 heavy (non-hydrogen) atoms. The molecule has 6 heteroatoms. The number of methoxy groups -OCH3 is 1. The van der Waals surface area contributed by atoms with Crippen LogP contribution in [0.1, 0.15) is 41.3 Å². The summed E-state index contributed by atoms with van der Waals surface area (Å²) in [4.78, 5) is 15.7. The Morgan fingerprint density at radius 2 is 1.90 bits per heavy atom. The van der Waals surface area contributed by atoms with Crippen molar-refractivity contribution < 1.29 is 4.74 Å². The van der Waals surface area contributed by atoms with Crippen LogP contribution in [-0.4, -0.2) is 40.1 Å². The molecule has 156 valence electrons. The molecule has 0 radical (unpaired) electrons. The van der Waals surface area contributed by atoms with Crippen LogP contribution >= 0.6 is 0 Å². The maximum atomic E-state index is 5.64. The Morgan fingerprint density at radius 3 is 2.67 bits per heavy atom. The average Bonchev–Trinajstić information content (AvgIpc) is 2.75. The van der Waals surface area contributed by atoms with E-state index in [1.165, 1.54) is 11.1 Å². The third-order valence-corrected chi connectivity index (χ3v) is 5.74. The molecule has 2 aromatic heterocycles. The van der Waals surface area contributed by atoms with E-state index < -0.39 is 0 Å². The maximum absolute atomic E-state index is 5.64. The van der Waals surface area contributed by atoms with Gasteiger partial charge in [0, 0.05) is 53.9 Å². The van der Waals surface area contributed by atoms with Gasteiger partial charge in [-0.15, -0.1) is 0 Å². The summed E-state index contributed by atoms with van der Waals surface area (Å²) in [6, 6.07) is 10.7. The summed E-state index contributed by atoms with van der Waals surface area (Å²) in [5.74, 6) is 1.67. The molecule has 3 heterocycles. The number of aromatic nitrogens is 3. The molecule has 0 bridgehead atoms. The normalized spacial score (nSPS) is 17.1. The summed E-state index contributed by atoms with van der Waals surface area (Å²) in [6.07, 6.45) is 5.86. The Labute approximate surface area is 178 Å². The molecule has 3 aromatic rings. The summed E-state index contributed by atoms with van der Waals surface area (Å²) in [5, 5.41) is 0. The number of nitrogens with zero attached hydrogens (tertiary/aromatic N) is 4. The van der Waals surface area contributed by atoms with Gasteiger partial charge in [-0.25, -0.2) is 9.97 Å². The van der Waals surface area contributed by atoms with Gasteiger partial charge in [0.2, 0.25) is 5.95 Å². The number of aryl methyl sites for hydroxylation is 2. The maximum Gasteiger partial charge on any atom is 0.219 e. The number of likely N-dealkylation sites (tertiary alicyclic amines) is 1. The summed E-state index contributed by atoms with van der Waals surface area (Å²) >= 11 is 0. The van der Waals surface area contributed by atoms with Gasteiger partial charge in [0.05, 0.1) is 7.11 Å². The topological polar surface area (TPSA) is 77.2 Å². The van der Waals surface area contributed by atoms with Crippen molar-refractivity contribution in [2.75, 3.05) is 25.9 Å². The van der Waals surface area contributed by atoms with Gasteiger partial charge in [-0.3, -0.25) is 9.88 Å². The molecule has 0 amide bonds. The molecule has 0 saturated carbocycles. The molecule has 6 nitrogen and oxygen atoms in total. The predicted molar refractivity (Wildman–Crippen MR) is 119 cm³/mol.